The van der Waals surface area contributed by atoms with Crippen LogP contribution in [0.5, 0.6) is 0 Å². The van der Waals surface area contributed by atoms with Crippen molar-refractivity contribution < 1.29 is 4.42 Å². The van der Waals surface area contributed by atoms with E-state index in [0.717, 1.165) is 33.5 Å². The minimum atomic E-state index is 0.561. The maximum atomic E-state index is 6.02. The van der Waals surface area contributed by atoms with E-state index in [9.17, 15) is 0 Å². The number of hydrogen-bond acceptors (Lipinski definition) is 3. The van der Waals surface area contributed by atoms with Gasteiger partial charge in [0.1, 0.15) is 5.52 Å². The van der Waals surface area contributed by atoms with Crippen LogP contribution < -0.4 is 5.73 Å². The zero-order valence-corrected chi connectivity index (χ0v) is 11.5. The molecule has 19 heavy (non-hydrogen) atoms. The lowest BCUT2D eigenvalue weighted by Crippen LogP contribution is -1.93. The largest absolute Gasteiger partial charge is 0.436 e. The number of rotatable bonds is 1. The average Bonchev–Trinajstić information content (AvgIpc) is 2.80. The molecule has 3 rings (SSSR count). The third kappa shape index (κ3) is 1.96. The van der Waals surface area contributed by atoms with Crippen LogP contribution in [0, 0.1) is 13.8 Å². The van der Waals surface area contributed by atoms with E-state index in [0.29, 0.717) is 10.9 Å². The number of aromatic nitrogens is 1. The van der Waals surface area contributed by atoms with Crippen molar-refractivity contribution in [3.8, 4) is 11.5 Å². The van der Waals surface area contributed by atoms with Crippen LogP contribution in [-0.4, -0.2) is 4.98 Å². The Morgan fingerprint density at radius 2 is 2.00 bits per heavy atom. The van der Waals surface area contributed by atoms with Crippen molar-refractivity contribution in [2.45, 2.75) is 13.8 Å². The third-order valence-electron chi connectivity index (χ3n) is 3.26. The lowest BCUT2D eigenvalue weighted by atomic mass is 10.1. The fraction of sp³-hybridized carbons (Fsp3) is 0.133. The van der Waals surface area contributed by atoms with Gasteiger partial charge in [-0.1, -0.05) is 17.7 Å². The van der Waals surface area contributed by atoms with E-state index in [-0.39, 0.29) is 0 Å². The summed E-state index contributed by atoms with van der Waals surface area (Å²) >= 11 is 5.99. The van der Waals surface area contributed by atoms with Gasteiger partial charge in [0.15, 0.2) is 5.58 Å². The summed E-state index contributed by atoms with van der Waals surface area (Å²) in [6, 6.07) is 9.36. The molecule has 2 aromatic carbocycles. The molecular weight excluding hydrogens is 260 g/mol. The molecule has 3 nitrogen and oxygen atoms in total. The molecule has 3 aromatic rings. The monoisotopic (exact) mass is 272 g/mol. The molecule has 0 amide bonds. The molecule has 0 saturated heterocycles. The molecule has 0 fully saturated rings. The van der Waals surface area contributed by atoms with Gasteiger partial charge in [-0.05, 0) is 43.7 Å². The second kappa shape index (κ2) is 4.28. The van der Waals surface area contributed by atoms with Crippen LogP contribution in [0.1, 0.15) is 11.1 Å². The molecule has 4 heteroatoms. The van der Waals surface area contributed by atoms with E-state index >= 15 is 0 Å². The van der Waals surface area contributed by atoms with Crippen molar-refractivity contribution in [1.82, 2.24) is 4.98 Å². The Kier molecular flexibility index (Phi) is 2.72. The Morgan fingerprint density at radius 1 is 1.21 bits per heavy atom. The Bertz CT molecular complexity index is 777. The Balaban J connectivity index is 2.25. The molecule has 1 aromatic heterocycles. The number of aryl methyl sites for hydroxylation is 2. The lowest BCUT2D eigenvalue weighted by Gasteiger charge is -2.02. The molecule has 0 radical (unpaired) electrons. The molecule has 0 aliphatic rings. The topological polar surface area (TPSA) is 52.0 Å². The number of nitrogens with zero attached hydrogens (tertiary/aromatic N) is 1. The smallest absolute Gasteiger partial charge is 0.227 e. The van der Waals surface area contributed by atoms with Gasteiger partial charge in [0.2, 0.25) is 5.89 Å². The zero-order valence-electron chi connectivity index (χ0n) is 10.7. The number of hydrogen-bond donors (Lipinski definition) is 1. The fourth-order valence-electron chi connectivity index (χ4n) is 2.14. The van der Waals surface area contributed by atoms with Gasteiger partial charge in [0.25, 0.3) is 0 Å². The third-order valence-corrected chi connectivity index (χ3v) is 3.49. The van der Waals surface area contributed by atoms with Crippen molar-refractivity contribution in [3.05, 3.63) is 46.5 Å². The summed E-state index contributed by atoms with van der Waals surface area (Å²) in [5.74, 6) is 0.561. The lowest BCUT2D eigenvalue weighted by molar-refractivity contribution is 0.619. The first-order valence-corrected chi connectivity index (χ1v) is 6.36. The first-order chi connectivity index (χ1) is 9.06. The highest BCUT2D eigenvalue weighted by Crippen LogP contribution is 2.31. The predicted octanol–water partition coefficient (Wildman–Crippen LogP) is 4.35. The number of halogens is 1. The summed E-state index contributed by atoms with van der Waals surface area (Å²) in [6.45, 7) is 3.91. The summed E-state index contributed by atoms with van der Waals surface area (Å²) < 4.78 is 5.80. The van der Waals surface area contributed by atoms with Gasteiger partial charge in [-0.25, -0.2) is 4.98 Å². The molecule has 2 N–H and O–H groups in total. The summed E-state index contributed by atoms with van der Waals surface area (Å²) in [5, 5.41) is 0.659. The predicted molar refractivity (Wildman–Crippen MR) is 78.3 cm³/mol. The number of nitrogen functional groups attached to an aromatic ring is 1. The van der Waals surface area contributed by atoms with Crippen molar-refractivity contribution in [3.63, 3.8) is 0 Å². The molecule has 0 bridgehead atoms. The minimum absolute atomic E-state index is 0.561. The Morgan fingerprint density at radius 3 is 2.74 bits per heavy atom. The Labute approximate surface area is 116 Å². The van der Waals surface area contributed by atoms with E-state index in [1.165, 1.54) is 0 Å². The molecule has 0 atom stereocenters. The maximum Gasteiger partial charge on any atom is 0.227 e. The highest BCUT2D eigenvalue weighted by molar-refractivity contribution is 6.30. The van der Waals surface area contributed by atoms with Gasteiger partial charge < -0.3 is 10.2 Å². The molecular formula is C15H13ClN2O. The quantitative estimate of drug-likeness (QED) is 0.670. The van der Waals surface area contributed by atoms with E-state index < -0.39 is 0 Å². The zero-order chi connectivity index (χ0) is 13.6. The van der Waals surface area contributed by atoms with Crippen LogP contribution in [0.4, 0.5) is 5.69 Å². The SMILES string of the molecule is Cc1cc2oc(-c3cccc(Cl)c3)nc2c(C)c1N. The highest BCUT2D eigenvalue weighted by atomic mass is 35.5. The first-order valence-electron chi connectivity index (χ1n) is 5.98. The van der Waals surface area contributed by atoms with Crippen LogP contribution >= 0.6 is 11.6 Å². The van der Waals surface area contributed by atoms with Crippen LogP contribution in [0.2, 0.25) is 5.02 Å². The summed E-state index contributed by atoms with van der Waals surface area (Å²) in [4.78, 5) is 4.52. The molecule has 0 saturated carbocycles. The van der Waals surface area contributed by atoms with Gasteiger partial charge in [0, 0.05) is 21.8 Å². The van der Waals surface area contributed by atoms with E-state index in [4.69, 9.17) is 21.8 Å². The molecule has 0 spiro atoms. The molecule has 96 valence electrons. The average molecular weight is 273 g/mol. The number of fused-ring (bicyclic) bond motifs is 1. The molecule has 1 heterocycles. The molecule has 0 aliphatic carbocycles. The van der Waals surface area contributed by atoms with Crippen molar-refractivity contribution in [1.29, 1.82) is 0 Å². The van der Waals surface area contributed by atoms with Gasteiger partial charge in [-0.2, -0.15) is 0 Å². The van der Waals surface area contributed by atoms with Crippen LogP contribution in [0.15, 0.2) is 34.7 Å². The summed E-state index contributed by atoms with van der Waals surface area (Å²) in [5.41, 5.74) is 11.1. The van der Waals surface area contributed by atoms with Crippen LogP contribution in [0.3, 0.4) is 0 Å². The minimum Gasteiger partial charge on any atom is -0.436 e. The van der Waals surface area contributed by atoms with Gasteiger partial charge in [-0.15, -0.1) is 0 Å². The Hall–Kier alpha value is -2.00. The molecule has 0 unspecified atom stereocenters. The number of nitrogens with two attached hydrogens (primary N) is 1. The van der Waals surface area contributed by atoms with E-state index in [2.05, 4.69) is 4.98 Å². The number of anilines is 1. The van der Waals surface area contributed by atoms with Gasteiger partial charge >= 0.3 is 0 Å². The van der Waals surface area contributed by atoms with Crippen LogP contribution in [0.25, 0.3) is 22.6 Å². The number of benzene rings is 2. The van der Waals surface area contributed by atoms with Crippen molar-refractivity contribution in [2.75, 3.05) is 5.73 Å². The maximum absolute atomic E-state index is 6.02. The summed E-state index contributed by atoms with van der Waals surface area (Å²) in [6.07, 6.45) is 0. The highest BCUT2D eigenvalue weighted by Gasteiger charge is 2.13. The molecule has 0 aliphatic heterocycles. The second-order valence-electron chi connectivity index (χ2n) is 4.61. The first kappa shape index (κ1) is 12.1. The van der Waals surface area contributed by atoms with Gasteiger partial charge in [0.05, 0.1) is 0 Å². The summed E-state index contributed by atoms with van der Waals surface area (Å²) in [7, 11) is 0. The van der Waals surface area contributed by atoms with Crippen molar-refractivity contribution in [2.24, 2.45) is 0 Å². The number of oxazole rings is 1. The fourth-order valence-corrected chi connectivity index (χ4v) is 2.33. The van der Waals surface area contributed by atoms with E-state index in [1.54, 1.807) is 0 Å². The van der Waals surface area contributed by atoms with Gasteiger partial charge in [-0.3, -0.25) is 0 Å². The van der Waals surface area contributed by atoms with Crippen molar-refractivity contribution >= 4 is 28.4 Å². The van der Waals surface area contributed by atoms with E-state index in [1.807, 2.05) is 44.2 Å². The second-order valence-corrected chi connectivity index (χ2v) is 5.04. The van der Waals surface area contributed by atoms with Crippen LogP contribution in [-0.2, 0) is 0 Å². The standard InChI is InChI=1S/C15H13ClN2O/c1-8-6-12-14(9(2)13(8)17)18-15(19-12)10-4-3-5-11(16)7-10/h3-7H,17H2,1-2H3. The normalized spacial score (nSPS) is 11.1.